The Morgan fingerprint density at radius 1 is 1.56 bits per heavy atom. The third-order valence-corrected chi connectivity index (χ3v) is 3.03. The summed E-state index contributed by atoms with van der Waals surface area (Å²) in [5.41, 5.74) is 6.46. The van der Waals surface area contributed by atoms with Crippen LogP contribution < -0.4 is 5.73 Å². The summed E-state index contributed by atoms with van der Waals surface area (Å²) in [6.45, 7) is 0. The summed E-state index contributed by atoms with van der Waals surface area (Å²) in [5, 5.41) is 1.95. The smallest absolute Gasteiger partial charge is 0.0887 e. The highest BCUT2D eigenvalue weighted by atomic mass is 32.1. The van der Waals surface area contributed by atoms with Gasteiger partial charge in [-0.3, -0.25) is 0 Å². The number of anilines is 1. The number of nitrogens with two attached hydrogens (primary N) is 1. The molecular formula is C5H4N2S2. The molecule has 0 amide bonds. The van der Waals surface area contributed by atoms with E-state index in [0.29, 0.717) is 0 Å². The normalized spacial score (nSPS) is 10.7. The van der Waals surface area contributed by atoms with Gasteiger partial charge in [-0.25, -0.2) is 0 Å². The molecule has 0 aliphatic carbocycles. The van der Waals surface area contributed by atoms with E-state index in [-0.39, 0.29) is 0 Å². The van der Waals surface area contributed by atoms with Crippen LogP contribution in [0.1, 0.15) is 0 Å². The van der Waals surface area contributed by atoms with E-state index in [0.717, 1.165) is 10.4 Å². The van der Waals surface area contributed by atoms with Crippen molar-refractivity contribution in [2.75, 3.05) is 5.73 Å². The van der Waals surface area contributed by atoms with Crippen LogP contribution in [-0.4, -0.2) is 4.37 Å². The fourth-order valence-corrected chi connectivity index (χ4v) is 2.37. The van der Waals surface area contributed by atoms with Crippen LogP contribution in [0.3, 0.4) is 0 Å². The van der Waals surface area contributed by atoms with E-state index in [9.17, 15) is 0 Å². The molecule has 9 heavy (non-hydrogen) atoms. The maximum atomic E-state index is 5.60. The number of nitrogen functional groups attached to an aromatic ring is 1. The highest BCUT2D eigenvalue weighted by Crippen LogP contribution is 2.30. The van der Waals surface area contributed by atoms with E-state index >= 15 is 0 Å². The molecule has 2 rings (SSSR count). The molecule has 0 bridgehead atoms. The number of hydrogen-bond acceptors (Lipinski definition) is 4. The zero-order valence-electron chi connectivity index (χ0n) is 4.50. The summed E-state index contributed by atoms with van der Waals surface area (Å²) in [7, 11) is 0. The molecular weight excluding hydrogens is 152 g/mol. The average molecular weight is 156 g/mol. The van der Waals surface area contributed by atoms with Gasteiger partial charge in [0, 0.05) is 5.38 Å². The molecule has 0 aliphatic rings. The van der Waals surface area contributed by atoms with Crippen LogP contribution in [0.4, 0.5) is 5.69 Å². The Kier molecular flexibility index (Phi) is 0.972. The van der Waals surface area contributed by atoms with Crippen molar-refractivity contribution in [3.63, 3.8) is 0 Å². The van der Waals surface area contributed by atoms with Crippen LogP contribution >= 0.6 is 22.9 Å². The van der Waals surface area contributed by atoms with Gasteiger partial charge < -0.3 is 5.73 Å². The van der Waals surface area contributed by atoms with Crippen LogP contribution in [0.25, 0.3) is 9.40 Å². The molecule has 2 aromatic rings. The summed E-state index contributed by atoms with van der Waals surface area (Å²) in [6.07, 6.45) is 1.85. The zero-order chi connectivity index (χ0) is 6.27. The Balaban J connectivity index is 2.99. The van der Waals surface area contributed by atoms with E-state index in [4.69, 9.17) is 5.73 Å². The second-order valence-electron chi connectivity index (χ2n) is 1.71. The van der Waals surface area contributed by atoms with Crippen molar-refractivity contribution in [1.82, 2.24) is 4.37 Å². The molecule has 0 unspecified atom stereocenters. The van der Waals surface area contributed by atoms with Crippen molar-refractivity contribution in [2.45, 2.75) is 0 Å². The van der Waals surface area contributed by atoms with E-state index in [1.807, 2.05) is 11.6 Å². The van der Waals surface area contributed by atoms with Crippen molar-refractivity contribution in [3.05, 3.63) is 11.6 Å². The van der Waals surface area contributed by atoms with Gasteiger partial charge >= 0.3 is 0 Å². The Bertz CT molecular complexity index is 322. The molecule has 0 aromatic carbocycles. The molecule has 0 aliphatic heterocycles. The molecule has 2 N–H and O–H groups in total. The summed E-state index contributed by atoms with van der Waals surface area (Å²) in [5.74, 6) is 0. The molecule has 46 valence electrons. The monoisotopic (exact) mass is 156 g/mol. The van der Waals surface area contributed by atoms with Crippen molar-refractivity contribution >= 4 is 38.0 Å². The van der Waals surface area contributed by atoms with Gasteiger partial charge in [0.1, 0.15) is 0 Å². The van der Waals surface area contributed by atoms with Crippen LogP contribution in [0, 0.1) is 0 Å². The molecule has 0 fully saturated rings. The molecule has 0 atom stereocenters. The molecule has 0 spiro atoms. The summed E-state index contributed by atoms with van der Waals surface area (Å²) >= 11 is 3.10. The first-order chi connectivity index (χ1) is 4.38. The van der Waals surface area contributed by atoms with Crippen LogP contribution in [0.2, 0.25) is 0 Å². The number of aromatic nitrogens is 1. The minimum atomic E-state index is 0.859. The topological polar surface area (TPSA) is 38.9 Å². The third-order valence-electron chi connectivity index (χ3n) is 1.11. The molecule has 0 saturated heterocycles. The van der Waals surface area contributed by atoms with Gasteiger partial charge in [-0.05, 0) is 11.5 Å². The highest BCUT2D eigenvalue weighted by molar-refractivity contribution is 7.25. The first-order valence-corrected chi connectivity index (χ1v) is 4.10. The van der Waals surface area contributed by atoms with Gasteiger partial charge in [0.2, 0.25) is 0 Å². The van der Waals surface area contributed by atoms with Gasteiger partial charge in [0.05, 0.1) is 21.3 Å². The molecule has 0 radical (unpaired) electrons. The predicted molar refractivity (Wildman–Crippen MR) is 41.9 cm³/mol. The quantitative estimate of drug-likeness (QED) is 0.633. The molecule has 2 nitrogen and oxygen atoms in total. The summed E-state index contributed by atoms with van der Waals surface area (Å²) in [4.78, 5) is 0. The maximum Gasteiger partial charge on any atom is 0.0887 e. The fourth-order valence-electron chi connectivity index (χ4n) is 0.690. The molecule has 4 heteroatoms. The Hall–Kier alpha value is -0.610. The highest BCUT2D eigenvalue weighted by Gasteiger charge is 2.00. The van der Waals surface area contributed by atoms with Crippen molar-refractivity contribution in [2.24, 2.45) is 0 Å². The SMILES string of the molecule is Nc1csc2cnsc12. The van der Waals surface area contributed by atoms with Crippen molar-refractivity contribution in [1.29, 1.82) is 0 Å². The van der Waals surface area contributed by atoms with Crippen LogP contribution in [-0.2, 0) is 0 Å². The third kappa shape index (κ3) is 0.635. The van der Waals surface area contributed by atoms with E-state index in [1.54, 1.807) is 11.3 Å². The van der Waals surface area contributed by atoms with E-state index < -0.39 is 0 Å². The Labute approximate surface area is 60.1 Å². The van der Waals surface area contributed by atoms with E-state index in [1.165, 1.54) is 16.2 Å². The largest absolute Gasteiger partial charge is 0.397 e. The lowest BCUT2D eigenvalue weighted by Gasteiger charge is -1.75. The Morgan fingerprint density at radius 3 is 3.22 bits per heavy atom. The average Bonchev–Trinajstić information content (AvgIpc) is 2.35. The first kappa shape index (κ1) is 5.20. The fraction of sp³-hybridized carbons (Fsp3) is 0. The number of hydrogen-bond donors (Lipinski definition) is 1. The zero-order valence-corrected chi connectivity index (χ0v) is 6.13. The number of rotatable bonds is 0. The lowest BCUT2D eigenvalue weighted by Crippen LogP contribution is -1.76. The van der Waals surface area contributed by atoms with Gasteiger partial charge in [-0.15, -0.1) is 11.3 Å². The van der Waals surface area contributed by atoms with Crippen LogP contribution in [0.5, 0.6) is 0 Å². The van der Waals surface area contributed by atoms with E-state index in [2.05, 4.69) is 4.37 Å². The van der Waals surface area contributed by atoms with Gasteiger partial charge in [-0.1, -0.05) is 0 Å². The predicted octanol–water partition coefficient (Wildman–Crippen LogP) is 1.94. The second kappa shape index (κ2) is 1.68. The van der Waals surface area contributed by atoms with Crippen molar-refractivity contribution in [3.8, 4) is 0 Å². The minimum absolute atomic E-state index is 0.859. The molecule has 0 saturated carbocycles. The number of nitrogens with zero attached hydrogens (tertiary/aromatic N) is 1. The Morgan fingerprint density at radius 2 is 2.44 bits per heavy atom. The lowest BCUT2D eigenvalue weighted by atomic mass is 10.5. The number of fused-ring (bicyclic) bond motifs is 1. The summed E-state index contributed by atoms with van der Waals surface area (Å²) < 4.78 is 6.31. The lowest BCUT2D eigenvalue weighted by molar-refractivity contribution is 1.62. The van der Waals surface area contributed by atoms with Crippen LogP contribution in [0.15, 0.2) is 11.6 Å². The van der Waals surface area contributed by atoms with Gasteiger partial charge in [-0.2, -0.15) is 4.37 Å². The molecule has 2 heterocycles. The standard InChI is InChI=1S/C5H4N2S2/c6-3-2-8-4-1-7-9-5(3)4/h1-2H,6H2. The molecule has 2 aromatic heterocycles. The summed E-state index contributed by atoms with van der Waals surface area (Å²) in [6, 6.07) is 0. The second-order valence-corrected chi connectivity index (χ2v) is 3.42. The maximum absolute atomic E-state index is 5.60. The number of thiophene rings is 1. The first-order valence-electron chi connectivity index (χ1n) is 2.45. The van der Waals surface area contributed by atoms with Gasteiger partial charge in [0.15, 0.2) is 0 Å². The van der Waals surface area contributed by atoms with Crippen molar-refractivity contribution < 1.29 is 0 Å². The van der Waals surface area contributed by atoms with Gasteiger partial charge in [0.25, 0.3) is 0 Å². The minimum Gasteiger partial charge on any atom is -0.397 e.